The van der Waals surface area contributed by atoms with Gasteiger partial charge in [0.2, 0.25) is 0 Å². The SMILES string of the molecule is Cc1nn(C)c2c1nc(C(C)Cl)n2CC1(C)CCCS1. The first-order valence-corrected chi connectivity index (χ1v) is 8.51. The minimum atomic E-state index is -0.0863. The van der Waals surface area contributed by atoms with Gasteiger partial charge in [0.1, 0.15) is 11.3 Å². The van der Waals surface area contributed by atoms with Gasteiger partial charge in [-0.3, -0.25) is 4.68 Å². The molecule has 1 aliphatic rings. The van der Waals surface area contributed by atoms with E-state index < -0.39 is 0 Å². The molecule has 0 bridgehead atoms. The van der Waals surface area contributed by atoms with Crippen LogP contribution < -0.4 is 0 Å². The maximum Gasteiger partial charge on any atom is 0.158 e. The molecule has 0 aromatic carbocycles. The molecular formula is C14H21ClN4S. The smallest absolute Gasteiger partial charge is 0.158 e. The predicted octanol–water partition coefficient (Wildman–Crippen LogP) is 3.66. The van der Waals surface area contributed by atoms with Crippen molar-refractivity contribution < 1.29 is 0 Å². The molecule has 2 unspecified atom stereocenters. The van der Waals surface area contributed by atoms with Crippen LogP contribution >= 0.6 is 23.4 Å². The fourth-order valence-corrected chi connectivity index (χ4v) is 4.56. The van der Waals surface area contributed by atoms with Crippen LogP contribution in [0, 0.1) is 6.92 Å². The lowest BCUT2D eigenvalue weighted by Gasteiger charge is -2.25. The van der Waals surface area contributed by atoms with Gasteiger partial charge in [0.25, 0.3) is 0 Å². The monoisotopic (exact) mass is 312 g/mol. The zero-order chi connectivity index (χ0) is 14.5. The Morgan fingerprint density at radius 2 is 2.25 bits per heavy atom. The number of thioether (sulfide) groups is 1. The summed E-state index contributed by atoms with van der Waals surface area (Å²) in [6, 6.07) is 0. The van der Waals surface area contributed by atoms with Crippen molar-refractivity contribution in [3.05, 3.63) is 11.5 Å². The topological polar surface area (TPSA) is 35.6 Å². The van der Waals surface area contributed by atoms with E-state index in [-0.39, 0.29) is 10.1 Å². The van der Waals surface area contributed by atoms with Crippen LogP contribution in [0.5, 0.6) is 0 Å². The molecule has 20 heavy (non-hydrogen) atoms. The normalized spacial score (nSPS) is 24.6. The summed E-state index contributed by atoms with van der Waals surface area (Å²) < 4.78 is 4.50. The van der Waals surface area contributed by atoms with Crippen LogP contribution in [0.15, 0.2) is 0 Å². The molecule has 0 saturated carbocycles. The van der Waals surface area contributed by atoms with Crippen molar-refractivity contribution in [3.63, 3.8) is 0 Å². The van der Waals surface area contributed by atoms with E-state index >= 15 is 0 Å². The van der Waals surface area contributed by atoms with Crippen molar-refractivity contribution in [3.8, 4) is 0 Å². The minimum absolute atomic E-state index is 0.0863. The zero-order valence-electron chi connectivity index (χ0n) is 12.5. The number of fused-ring (bicyclic) bond motifs is 1. The molecule has 0 N–H and O–H groups in total. The molecule has 1 fully saturated rings. The van der Waals surface area contributed by atoms with E-state index in [4.69, 9.17) is 16.6 Å². The summed E-state index contributed by atoms with van der Waals surface area (Å²) in [7, 11) is 1.99. The molecule has 3 heterocycles. The number of hydrogen-bond acceptors (Lipinski definition) is 3. The summed E-state index contributed by atoms with van der Waals surface area (Å²) in [6.45, 7) is 7.31. The number of imidazole rings is 1. The molecule has 2 atom stereocenters. The lowest BCUT2D eigenvalue weighted by molar-refractivity contribution is 0.498. The van der Waals surface area contributed by atoms with Crippen molar-refractivity contribution in [2.45, 2.75) is 50.3 Å². The first-order chi connectivity index (χ1) is 9.41. The average Bonchev–Trinajstić information content (AvgIpc) is 2.99. The Bertz CT molecular complexity index is 637. The van der Waals surface area contributed by atoms with Gasteiger partial charge in [-0.25, -0.2) is 4.98 Å². The van der Waals surface area contributed by atoms with Crippen LogP contribution in [-0.2, 0) is 13.6 Å². The summed E-state index contributed by atoms with van der Waals surface area (Å²) in [5, 5.41) is 4.41. The number of hydrogen-bond donors (Lipinski definition) is 0. The first-order valence-electron chi connectivity index (χ1n) is 7.09. The maximum absolute atomic E-state index is 6.35. The van der Waals surface area contributed by atoms with Gasteiger partial charge in [0.15, 0.2) is 5.65 Å². The van der Waals surface area contributed by atoms with Crippen molar-refractivity contribution in [1.29, 1.82) is 0 Å². The lowest BCUT2D eigenvalue weighted by atomic mass is 10.1. The van der Waals surface area contributed by atoms with E-state index in [0.717, 1.165) is 29.2 Å². The minimum Gasteiger partial charge on any atom is -0.310 e. The molecular weight excluding hydrogens is 292 g/mol. The Hall–Kier alpha value is -0.680. The fraction of sp³-hybridized carbons (Fsp3) is 0.714. The molecule has 110 valence electrons. The first kappa shape index (κ1) is 14.3. The van der Waals surface area contributed by atoms with Crippen LogP contribution in [0.4, 0.5) is 0 Å². The fourth-order valence-electron chi connectivity index (χ4n) is 3.11. The van der Waals surface area contributed by atoms with Crippen LogP contribution in [0.1, 0.15) is 43.6 Å². The largest absolute Gasteiger partial charge is 0.310 e. The standard InChI is InChI=1S/C14H21ClN4S/c1-9(15)12-16-11-10(2)17-18(4)13(11)19(12)8-14(3)6-5-7-20-14/h9H,5-8H2,1-4H3. The Labute approximate surface area is 128 Å². The Morgan fingerprint density at radius 1 is 1.50 bits per heavy atom. The number of aromatic nitrogens is 4. The number of nitrogens with zero attached hydrogens (tertiary/aromatic N) is 4. The summed E-state index contributed by atoms with van der Waals surface area (Å²) >= 11 is 8.42. The van der Waals surface area contributed by atoms with Crippen LogP contribution in [0.3, 0.4) is 0 Å². The second-order valence-corrected chi connectivity index (χ2v) is 8.29. The van der Waals surface area contributed by atoms with E-state index in [2.05, 4.69) is 28.4 Å². The predicted molar refractivity (Wildman–Crippen MR) is 85.6 cm³/mol. The molecule has 4 nitrogen and oxygen atoms in total. The van der Waals surface area contributed by atoms with Gasteiger partial charge >= 0.3 is 0 Å². The number of alkyl halides is 1. The molecule has 0 spiro atoms. The third-order valence-corrected chi connectivity index (χ3v) is 5.79. The second kappa shape index (κ2) is 4.95. The van der Waals surface area contributed by atoms with Crippen molar-refractivity contribution in [2.75, 3.05) is 5.75 Å². The molecule has 3 rings (SSSR count). The van der Waals surface area contributed by atoms with Crippen molar-refractivity contribution in [1.82, 2.24) is 19.3 Å². The lowest BCUT2D eigenvalue weighted by Crippen LogP contribution is -2.25. The third kappa shape index (κ3) is 2.25. The number of rotatable bonds is 3. The number of halogens is 1. The van der Waals surface area contributed by atoms with E-state index in [9.17, 15) is 0 Å². The molecule has 1 aliphatic heterocycles. The van der Waals surface area contributed by atoms with E-state index in [1.54, 1.807) is 0 Å². The molecule has 2 aromatic rings. The van der Waals surface area contributed by atoms with Gasteiger partial charge in [-0.15, -0.1) is 11.6 Å². The summed E-state index contributed by atoms with van der Waals surface area (Å²) in [5.41, 5.74) is 3.06. The Morgan fingerprint density at radius 3 is 2.85 bits per heavy atom. The summed E-state index contributed by atoms with van der Waals surface area (Å²) in [6.07, 6.45) is 2.56. The van der Waals surface area contributed by atoms with Gasteiger partial charge in [0.05, 0.1) is 11.1 Å². The molecule has 6 heteroatoms. The highest BCUT2D eigenvalue weighted by Crippen LogP contribution is 2.40. The summed E-state index contributed by atoms with van der Waals surface area (Å²) in [4.78, 5) is 4.74. The average molecular weight is 313 g/mol. The highest BCUT2D eigenvalue weighted by atomic mass is 35.5. The van der Waals surface area contributed by atoms with Crippen LogP contribution in [-0.4, -0.2) is 29.8 Å². The highest BCUT2D eigenvalue weighted by molar-refractivity contribution is 8.00. The zero-order valence-corrected chi connectivity index (χ0v) is 14.1. The van der Waals surface area contributed by atoms with Gasteiger partial charge in [-0.2, -0.15) is 16.9 Å². The molecule has 2 aromatic heterocycles. The third-order valence-electron chi connectivity index (χ3n) is 4.07. The Kier molecular flexibility index (Phi) is 3.53. The summed E-state index contributed by atoms with van der Waals surface area (Å²) in [5.74, 6) is 2.22. The number of aryl methyl sites for hydroxylation is 2. The molecule has 0 amide bonds. The second-order valence-electron chi connectivity index (χ2n) is 5.96. The van der Waals surface area contributed by atoms with Crippen LogP contribution in [0.25, 0.3) is 11.2 Å². The van der Waals surface area contributed by atoms with Crippen molar-refractivity contribution in [2.24, 2.45) is 7.05 Å². The molecule has 0 aliphatic carbocycles. The van der Waals surface area contributed by atoms with E-state index in [0.29, 0.717) is 0 Å². The maximum atomic E-state index is 6.35. The van der Waals surface area contributed by atoms with Gasteiger partial charge in [-0.05, 0) is 39.4 Å². The van der Waals surface area contributed by atoms with Crippen molar-refractivity contribution >= 4 is 34.5 Å². The Balaban J connectivity index is 2.13. The molecule has 1 saturated heterocycles. The van der Waals surface area contributed by atoms with Gasteiger partial charge in [-0.1, -0.05) is 0 Å². The van der Waals surface area contributed by atoms with Crippen LogP contribution in [0.2, 0.25) is 0 Å². The van der Waals surface area contributed by atoms with E-state index in [1.807, 2.05) is 25.6 Å². The van der Waals surface area contributed by atoms with Gasteiger partial charge < -0.3 is 4.57 Å². The highest BCUT2D eigenvalue weighted by Gasteiger charge is 2.32. The van der Waals surface area contributed by atoms with E-state index in [1.165, 1.54) is 18.6 Å². The quantitative estimate of drug-likeness (QED) is 0.811. The molecule has 0 radical (unpaired) electrons. The van der Waals surface area contributed by atoms with Gasteiger partial charge in [0, 0.05) is 18.3 Å².